The number of rotatable bonds is 8. The van der Waals surface area contributed by atoms with Gasteiger partial charge < -0.3 is 10.2 Å². The first-order chi connectivity index (χ1) is 11.0. The van der Waals surface area contributed by atoms with Crippen molar-refractivity contribution in [2.45, 2.75) is 27.3 Å². The Labute approximate surface area is 135 Å². The maximum absolute atomic E-state index is 11.2. The number of aromatic nitrogens is 4. The van der Waals surface area contributed by atoms with Gasteiger partial charge in [-0.15, -0.1) is 0 Å². The zero-order valence-electron chi connectivity index (χ0n) is 14.0. The minimum atomic E-state index is -0.421. The second-order valence-electron chi connectivity index (χ2n) is 5.31. The van der Waals surface area contributed by atoms with Gasteiger partial charge in [0.15, 0.2) is 0 Å². The van der Waals surface area contributed by atoms with E-state index in [2.05, 4.69) is 34.3 Å². The van der Waals surface area contributed by atoms with Gasteiger partial charge in [0, 0.05) is 19.8 Å². The van der Waals surface area contributed by atoms with Gasteiger partial charge in [-0.2, -0.15) is 10.2 Å². The Morgan fingerprint density at radius 1 is 1.39 bits per heavy atom. The first-order valence-corrected chi connectivity index (χ1v) is 7.66. The molecule has 9 nitrogen and oxygen atoms in total. The smallest absolute Gasteiger partial charge is 0.332 e. The normalized spacial score (nSPS) is 11.2. The molecular weight excluding hydrogens is 298 g/mol. The summed E-state index contributed by atoms with van der Waals surface area (Å²) in [4.78, 5) is 13.1. The molecular formula is C14H23N7O2. The lowest BCUT2D eigenvalue weighted by Crippen LogP contribution is -2.27. The minimum Gasteiger partial charge on any atom is -0.332 e. The van der Waals surface area contributed by atoms with Gasteiger partial charge in [0.2, 0.25) is 5.82 Å². The summed E-state index contributed by atoms with van der Waals surface area (Å²) in [5.74, 6) is 0.357. The van der Waals surface area contributed by atoms with Gasteiger partial charge in [0.25, 0.3) is 0 Å². The molecule has 0 amide bonds. The standard InChI is InChI=1S/C14H23N7O2/c1-5-19(6-2)7-8-20-10-12(9-15-20)16-14-13(21(22)23)11(3)17-18(14)4/h9-10,16H,5-8H2,1-4H3. The largest absolute Gasteiger partial charge is 0.334 e. The molecule has 1 N–H and O–H groups in total. The molecule has 0 spiro atoms. The van der Waals surface area contributed by atoms with Crippen LogP contribution in [0.5, 0.6) is 0 Å². The fraction of sp³-hybridized carbons (Fsp3) is 0.571. The third-order valence-corrected chi connectivity index (χ3v) is 3.81. The van der Waals surface area contributed by atoms with E-state index in [1.165, 1.54) is 4.68 Å². The number of likely N-dealkylation sites (N-methyl/N-ethyl adjacent to an activating group) is 1. The van der Waals surface area contributed by atoms with Crippen LogP contribution in [0.2, 0.25) is 0 Å². The zero-order chi connectivity index (χ0) is 17.0. The van der Waals surface area contributed by atoms with Crippen LogP contribution in [0.1, 0.15) is 19.5 Å². The van der Waals surface area contributed by atoms with Crippen molar-refractivity contribution in [3.63, 3.8) is 0 Å². The van der Waals surface area contributed by atoms with E-state index < -0.39 is 4.92 Å². The van der Waals surface area contributed by atoms with E-state index in [1.807, 2.05) is 10.9 Å². The predicted molar refractivity (Wildman–Crippen MR) is 87.9 cm³/mol. The topological polar surface area (TPSA) is 94.0 Å². The van der Waals surface area contributed by atoms with Crippen LogP contribution in [0.3, 0.4) is 0 Å². The van der Waals surface area contributed by atoms with Crippen LogP contribution >= 0.6 is 0 Å². The maximum Gasteiger partial charge on any atom is 0.334 e. The zero-order valence-corrected chi connectivity index (χ0v) is 14.0. The molecule has 0 saturated heterocycles. The minimum absolute atomic E-state index is 0.0107. The first-order valence-electron chi connectivity index (χ1n) is 7.66. The lowest BCUT2D eigenvalue weighted by molar-refractivity contribution is -0.384. The van der Waals surface area contributed by atoms with E-state index in [4.69, 9.17) is 0 Å². The average molecular weight is 321 g/mol. The number of nitro groups is 1. The van der Waals surface area contributed by atoms with Crippen LogP contribution < -0.4 is 5.32 Å². The van der Waals surface area contributed by atoms with Crippen molar-refractivity contribution in [1.82, 2.24) is 24.5 Å². The molecule has 126 valence electrons. The highest BCUT2D eigenvalue weighted by atomic mass is 16.6. The Hall–Kier alpha value is -2.42. The lowest BCUT2D eigenvalue weighted by Gasteiger charge is -2.17. The van der Waals surface area contributed by atoms with Crippen molar-refractivity contribution in [2.75, 3.05) is 25.0 Å². The van der Waals surface area contributed by atoms with Gasteiger partial charge in [-0.25, -0.2) is 4.68 Å². The van der Waals surface area contributed by atoms with Crippen LogP contribution in [0.25, 0.3) is 0 Å². The highest BCUT2D eigenvalue weighted by Crippen LogP contribution is 2.29. The summed E-state index contributed by atoms with van der Waals surface area (Å²) in [6.45, 7) is 9.57. The molecule has 2 aromatic rings. The SMILES string of the molecule is CCN(CC)CCn1cc(Nc2c([N+](=O)[O-])c(C)nn2C)cn1. The third kappa shape index (κ3) is 3.86. The van der Waals surface area contributed by atoms with Crippen molar-refractivity contribution in [3.8, 4) is 0 Å². The Bertz CT molecular complexity index is 673. The van der Waals surface area contributed by atoms with Gasteiger partial charge in [-0.3, -0.25) is 14.8 Å². The van der Waals surface area contributed by atoms with Gasteiger partial charge in [-0.1, -0.05) is 13.8 Å². The molecule has 23 heavy (non-hydrogen) atoms. The Balaban J connectivity index is 2.09. The van der Waals surface area contributed by atoms with Gasteiger partial charge in [0.05, 0.1) is 23.4 Å². The van der Waals surface area contributed by atoms with Crippen LogP contribution in [0.15, 0.2) is 12.4 Å². The Morgan fingerprint density at radius 2 is 2.09 bits per heavy atom. The summed E-state index contributed by atoms with van der Waals surface area (Å²) >= 11 is 0. The predicted octanol–water partition coefficient (Wildman–Crippen LogP) is 1.92. The van der Waals surface area contributed by atoms with E-state index in [1.54, 1.807) is 20.2 Å². The molecule has 0 aliphatic rings. The van der Waals surface area contributed by atoms with E-state index in [-0.39, 0.29) is 5.69 Å². The van der Waals surface area contributed by atoms with Crippen LogP contribution in [-0.2, 0) is 13.6 Å². The summed E-state index contributed by atoms with van der Waals surface area (Å²) in [6, 6.07) is 0. The van der Waals surface area contributed by atoms with E-state index in [0.717, 1.165) is 26.2 Å². The number of nitrogens with one attached hydrogen (secondary N) is 1. The highest BCUT2D eigenvalue weighted by molar-refractivity contribution is 5.66. The summed E-state index contributed by atoms with van der Waals surface area (Å²) in [6.07, 6.45) is 3.50. The van der Waals surface area contributed by atoms with Crippen LogP contribution in [0, 0.1) is 17.0 Å². The molecule has 0 aromatic carbocycles. The second kappa shape index (κ2) is 7.23. The van der Waals surface area contributed by atoms with E-state index in [0.29, 0.717) is 17.2 Å². The fourth-order valence-electron chi connectivity index (χ4n) is 2.48. The van der Waals surface area contributed by atoms with Gasteiger partial charge in [-0.05, 0) is 20.0 Å². The summed E-state index contributed by atoms with van der Waals surface area (Å²) in [5, 5.41) is 22.6. The molecule has 0 bridgehead atoms. The monoisotopic (exact) mass is 321 g/mol. The molecule has 0 fully saturated rings. The number of anilines is 2. The van der Waals surface area contributed by atoms with Gasteiger partial charge in [0.1, 0.15) is 5.69 Å². The third-order valence-electron chi connectivity index (χ3n) is 3.81. The Morgan fingerprint density at radius 3 is 2.70 bits per heavy atom. The van der Waals surface area contributed by atoms with Crippen molar-refractivity contribution in [1.29, 1.82) is 0 Å². The summed E-state index contributed by atoms with van der Waals surface area (Å²) in [5.41, 5.74) is 1.08. The molecule has 9 heteroatoms. The molecule has 0 aliphatic carbocycles. The first kappa shape index (κ1) is 16.9. The number of hydrogen-bond donors (Lipinski definition) is 1. The van der Waals surface area contributed by atoms with Crippen molar-refractivity contribution in [3.05, 3.63) is 28.2 Å². The summed E-state index contributed by atoms with van der Waals surface area (Å²) in [7, 11) is 1.67. The van der Waals surface area contributed by atoms with Crippen LogP contribution in [0.4, 0.5) is 17.2 Å². The maximum atomic E-state index is 11.2. The van der Waals surface area contributed by atoms with Crippen molar-refractivity contribution < 1.29 is 4.92 Å². The highest BCUT2D eigenvalue weighted by Gasteiger charge is 2.24. The molecule has 2 rings (SSSR count). The number of aryl methyl sites for hydroxylation is 2. The lowest BCUT2D eigenvalue weighted by atomic mass is 10.4. The number of hydrogen-bond acceptors (Lipinski definition) is 6. The molecule has 2 heterocycles. The molecule has 0 saturated carbocycles. The Kier molecular flexibility index (Phi) is 5.32. The summed E-state index contributed by atoms with van der Waals surface area (Å²) < 4.78 is 3.30. The van der Waals surface area contributed by atoms with E-state index in [9.17, 15) is 10.1 Å². The molecule has 0 unspecified atom stereocenters. The van der Waals surface area contributed by atoms with Gasteiger partial charge >= 0.3 is 5.69 Å². The average Bonchev–Trinajstić information content (AvgIpc) is 3.05. The van der Waals surface area contributed by atoms with Crippen molar-refractivity contribution in [2.24, 2.45) is 7.05 Å². The van der Waals surface area contributed by atoms with E-state index >= 15 is 0 Å². The second-order valence-corrected chi connectivity index (χ2v) is 5.31. The molecule has 0 radical (unpaired) electrons. The fourth-order valence-corrected chi connectivity index (χ4v) is 2.48. The van der Waals surface area contributed by atoms with Crippen molar-refractivity contribution >= 4 is 17.2 Å². The quantitative estimate of drug-likeness (QED) is 0.589. The molecule has 0 atom stereocenters. The van der Waals surface area contributed by atoms with Crippen LogP contribution in [-0.4, -0.2) is 49.0 Å². The number of nitrogens with zero attached hydrogens (tertiary/aromatic N) is 6. The molecule has 0 aliphatic heterocycles. The molecule has 2 aromatic heterocycles.